The first-order chi connectivity index (χ1) is 14.4. The zero-order valence-corrected chi connectivity index (χ0v) is 16.6. The molecule has 1 heterocycles. The number of nitrogen functional groups attached to an aromatic ring is 1. The van der Waals surface area contributed by atoms with E-state index in [1.807, 2.05) is 31.2 Å². The van der Waals surface area contributed by atoms with Crippen LogP contribution in [0.15, 0.2) is 48.5 Å². The van der Waals surface area contributed by atoms with Gasteiger partial charge in [0.05, 0.1) is 0 Å². The minimum absolute atomic E-state index is 0.00291. The maximum atomic E-state index is 13.0. The normalized spacial score (nSPS) is 11.6. The Hall–Kier alpha value is -3.75. The molecule has 0 bridgehead atoms. The second kappa shape index (κ2) is 9.64. The molecule has 1 aromatic heterocycles. The lowest BCUT2D eigenvalue weighted by Crippen LogP contribution is -2.26. The highest BCUT2D eigenvalue weighted by Gasteiger charge is 2.18. The van der Waals surface area contributed by atoms with E-state index in [-0.39, 0.29) is 24.3 Å². The number of rotatable bonds is 8. The summed E-state index contributed by atoms with van der Waals surface area (Å²) in [5.41, 5.74) is 7.72. The first-order valence-corrected chi connectivity index (χ1v) is 9.39. The number of nitrogens with zero attached hydrogens (tertiary/aromatic N) is 3. The smallest absolute Gasteiger partial charge is 0.347 e. The fraction of sp³-hybridized carbons (Fsp3) is 0.238. The Kier molecular flexibility index (Phi) is 6.74. The number of esters is 1. The van der Waals surface area contributed by atoms with Gasteiger partial charge in [0, 0.05) is 5.69 Å². The Bertz CT molecular complexity index is 1010. The second-order valence-corrected chi connectivity index (χ2v) is 6.39. The molecule has 156 valence electrons. The Balaban J connectivity index is 1.62. The Morgan fingerprint density at radius 1 is 1.13 bits per heavy atom. The molecule has 9 heteroatoms. The molecule has 0 saturated carbocycles. The van der Waals surface area contributed by atoms with Crippen molar-refractivity contribution in [3.05, 3.63) is 65.7 Å². The van der Waals surface area contributed by atoms with Gasteiger partial charge in [0.2, 0.25) is 11.9 Å². The van der Waals surface area contributed by atoms with E-state index in [1.54, 1.807) is 0 Å². The number of carbonyl (C=O) groups is 1. The van der Waals surface area contributed by atoms with Gasteiger partial charge in [-0.05, 0) is 49.2 Å². The summed E-state index contributed by atoms with van der Waals surface area (Å²) in [6.45, 7) is 3.37. The van der Waals surface area contributed by atoms with Gasteiger partial charge >= 0.3 is 5.97 Å². The number of benzene rings is 2. The highest BCUT2D eigenvalue weighted by atomic mass is 19.1. The van der Waals surface area contributed by atoms with Gasteiger partial charge in [0.1, 0.15) is 11.6 Å². The molecule has 8 nitrogen and oxygen atoms in total. The van der Waals surface area contributed by atoms with E-state index in [0.29, 0.717) is 5.75 Å². The lowest BCUT2D eigenvalue weighted by Gasteiger charge is -2.14. The van der Waals surface area contributed by atoms with Crippen LogP contribution in [0.3, 0.4) is 0 Å². The van der Waals surface area contributed by atoms with E-state index >= 15 is 0 Å². The molecule has 2 aromatic carbocycles. The van der Waals surface area contributed by atoms with Gasteiger partial charge in [-0.25, -0.2) is 9.18 Å². The van der Waals surface area contributed by atoms with Crippen LogP contribution in [-0.4, -0.2) is 27.0 Å². The highest BCUT2D eigenvalue weighted by Crippen LogP contribution is 2.19. The molecule has 3 aromatic rings. The molecular formula is C21H22FN5O3. The third-order valence-electron chi connectivity index (χ3n) is 4.15. The molecule has 0 aliphatic carbocycles. The van der Waals surface area contributed by atoms with Crippen LogP contribution in [0.1, 0.15) is 25.2 Å². The van der Waals surface area contributed by atoms with Crippen molar-refractivity contribution in [1.82, 2.24) is 15.0 Å². The summed E-state index contributed by atoms with van der Waals surface area (Å²) >= 11 is 0. The van der Waals surface area contributed by atoms with Crippen LogP contribution in [0.5, 0.6) is 5.75 Å². The standard InChI is InChI=1S/C21H22FN5O3/c1-3-14-6-4-5-7-17(14)24-21-26-18(25-20(23)27-21)12-29-19(28)13(2)30-16-10-8-15(22)9-11-16/h4-11,13H,3,12H2,1-2H3,(H3,23,24,25,26,27)/t13-/m1/s1. The van der Waals surface area contributed by atoms with Gasteiger partial charge in [-0.15, -0.1) is 0 Å². The first-order valence-electron chi connectivity index (χ1n) is 9.39. The summed E-state index contributed by atoms with van der Waals surface area (Å²) < 4.78 is 23.6. The molecule has 0 spiro atoms. The second-order valence-electron chi connectivity index (χ2n) is 6.39. The third kappa shape index (κ3) is 5.63. The predicted molar refractivity (Wildman–Crippen MR) is 110 cm³/mol. The van der Waals surface area contributed by atoms with E-state index in [2.05, 4.69) is 20.3 Å². The Morgan fingerprint density at radius 3 is 2.60 bits per heavy atom. The van der Waals surface area contributed by atoms with Crippen molar-refractivity contribution in [3.63, 3.8) is 0 Å². The predicted octanol–water partition coefficient (Wildman–Crippen LogP) is 3.41. The molecule has 0 amide bonds. The van der Waals surface area contributed by atoms with Gasteiger partial charge in [-0.2, -0.15) is 15.0 Å². The zero-order valence-electron chi connectivity index (χ0n) is 16.6. The van der Waals surface area contributed by atoms with Crippen molar-refractivity contribution in [3.8, 4) is 5.75 Å². The number of halogens is 1. The molecule has 0 fully saturated rings. The van der Waals surface area contributed by atoms with Gasteiger partial charge in [-0.3, -0.25) is 0 Å². The minimum Gasteiger partial charge on any atom is -0.479 e. The summed E-state index contributed by atoms with van der Waals surface area (Å²) in [7, 11) is 0. The lowest BCUT2D eigenvalue weighted by molar-refractivity contribution is -0.152. The molecule has 0 radical (unpaired) electrons. The average molecular weight is 411 g/mol. The largest absolute Gasteiger partial charge is 0.479 e. The average Bonchev–Trinajstić information content (AvgIpc) is 2.73. The van der Waals surface area contributed by atoms with Crippen LogP contribution in [-0.2, 0) is 22.6 Å². The number of aromatic nitrogens is 3. The first kappa shape index (κ1) is 21.0. The quantitative estimate of drug-likeness (QED) is 0.542. The van der Waals surface area contributed by atoms with Crippen molar-refractivity contribution < 1.29 is 18.7 Å². The molecule has 0 aliphatic rings. The van der Waals surface area contributed by atoms with Crippen molar-refractivity contribution in [2.24, 2.45) is 0 Å². The Labute approximate surface area is 173 Å². The highest BCUT2D eigenvalue weighted by molar-refractivity contribution is 5.74. The van der Waals surface area contributed by atoms with Crippen LogP contribution in [0.4, 0.5) is 22.0 Å². The van der Waals surface area contributed by atoms with Crippen molar-refractivity contribution in [1.29, 1.82) is 0 Å². The molecule has 0 unspecified atom stereocenters. The van der Waals surface area contributed by atoms with Crippen molar-refractivity contribution in [2.45, 2.75) is 33.0 Å². The number of nitrogens with one attached hydrogen (secondary N) is 1. The monoisotopic (exact) mass is 411 g/mol. The van der Waals surface area contributed by atoms with Crippen LogP contribution in [0, 0.1) is 5.82 Å². The van der Waals surface area contributed by atoms with E-state index in [1.165, 1.54) is 31.2 Å². The summed E-state index contributed by atoms with van der Waals surface area (Å²) in [4.78, 5) is 24.5. The summed E-state index contributed by atoms with van der Waals surface area (Å²) in [5, 5.41) is 3.11. The molecule has 30 heavy (non-hydrogen) atoms. The molecule has 0 saturated heterocycles. The van der Waals surface area contributed by atoms with Crippen LogP contribution in [0.25, 0.3) is 0 Å². The molecule has 3 N–H and O–H groups in total. The van der Waals surface area contributed by atoms with Gasteiger partial charge in [0.25, 0.3) is 0 Å². The van der Waals surface area contributed by atoms with Crippen molar-refractivity contribution >= 4 is 23.6 Å². The molecule has 1 atom stereocenters. The molecule has 0 aliphatic heterocycles. The third-order valence-corrected chi connectivity index (χ3v) is 4.15. The zero-order chi connectivity index (χ0) is 21.5. The number of anilines is 3. The molecule has 3 rings (SSSR count). The van der Waals surface area contributed by atoms with Crippen LogP contribution in [0.2, 0.25) is 0 Å². The topological polar surface area (TPSA) is 112 Å². The molecular weight excluding hydrogens is 389 g/mol. The van der Waals surface area contributed by atoms with E-state index < -0.39 is 17.9 Å². The van der Waals surface area contributed by atoms with Crippen LogP contribution >= 0.6 is 0 Å². The number of para-hydroxylation sites is 1. The van der Waals surface area contributed by atoms with Crippen LogP contribution < -0.4 is 15.8 Å². The van der Waals surface area contributed by atoms with Crippen molar-refractivity contribution in [2.75, 3.05) is 11.1 Å². The maximum Gasteiger partial charge on any atom is 0.347 e. The maximum absolute atomic E-state index is 13.0. The summed E-state index contributed by atoms with van der Waals surface area (Å²) in [5.74, 6) is -0.207. The number of carbonyl (C=O) groups excluding carboxylic acids is 1. The Morgan fingerprint density at radius 2 is 1.87 bits per heavy atom. The SMILES string of the molecule is CCc1ccccc1Nc1nc(N)nc(COC(=O)[C@@H](C)Oc2ccc(F)cc2)n1. The number of ether oxygens (including phenoxy) is 2. The number of aryl methyl sites for hydroxylation is 1. The number of hydrogen-bond donors (Lipinski definition) is 2. The van der Waals surface area contributed by atoms with E-state index in [0.717, 1.165) is 17.7 Å². The minimum atomic E-state index is -0.899. The lowest BCUT2D eigenvalue weighted by atomic mass is 10.1. The van der Waals surface area contributed by atoms with Gasteiger partial charge in [-0.1, -0.05) is 25.1 Å². The van der Waals surface area contributed by atoms with Gasteiger partial charge < -0.3 is 20.5 Å². The number of hydrogen-bond acceptors (Lipinski definition) is 8. The summed E-state index contributed by atoms with van der Waals surface area (Å²) in [6.07, 6.45) is -0.0659. The van der Waals surface area contributed by atoms with E-state index in [9.17, 15) is 9.18 Å². The summed E-state index contributed by atoms with van der Waals surface area (Å²) in [6, 6.07) is 13.1. The number of nitrogens with two attached hydrogens (primary N) is 1. The van der Waals surface area contributed by atoms with E-state index in [4.69, 9.17) is 15.2 Å². The van der Waals surface area contributed by atoms with Gasteiger partial charge in [0.15, 0.2) is 18.5 Å². The fourth-order valence-electron chi connectivity index (χ4n) is 2.65. The fourth-order valence-corrected chi connectivity index (χ4v) is 2.65.